The molecule has 0 fully saturated rings. The third-order valence-electron chi connectivity index (χ3n) is 2.49. The Labute approximate surface area is 110 Å². The summed E-state index contributed by atoms with van der Waals surface area (Å²) in [4.78, 5) is 4.26. The van der Waals surface area contributed by atoms with Gasteiger partial charge in [-0.3, -0.25) is 0 Å². The number of aromatic nitrogens is 1. The second kappa shape index (κ2) is 5.63. The highest BCUT2D eigenvalue weighted by Gasteiger charge is 2.08. The van der Waals surface area contributed by atoms with Crippen LogP contribution in [0.2, 0.25) is 0 Å². The third kappa shape index (κ3) is 3.06. The van der Waals surface area contributed by atoms with Gasteiger partial charge in [-0.25, -0.2) is 4.98 Å². The predicted octanol–water partition coefficient (Wildman–Crippen LogP) is 2.47. The molecule has 1 atom stereocenters. The molecule has 4 nitrogen and oxygen atoms in total. The number of anilines is 1. The fourth-order valence-electron chi connectivity index (χ4n) is 1.61. The lowest BCUT2D eigenvalue weighted by Crippen LogP contribution is -2.12. The van der Waals surface area contributed by atoms with Crippen LogP contribution in [-0.4, -0.2) is 16.6 Å². The number of aliphatic hydroxyl groups is 1. The van der Waals surface area contributed by atoms with Crippen LogP contribution in [0.3, 0.4) is 0 Å². The summed E-state index contributed by atoms with van der Waals surface area (Å²) in [5, 5.41) is 25.7. The lowest BCUT2D eigenvalue weighted by Gasteiger charge is -2.11. The SMILES string of the molecule is Cc1cc(C#N)cc(NCC(O)c2ccsc2)n1. The minimum Gasteiger partial charge on any atom is -0.387 e. The van der Waals surface area contributed by atoms with E-state index in [0.29, 0.717) is 17.9 Å². The Morgan fingerprint density at radius 2 is 2.39 bits per heavy atom. The van der Waals surface area contributed by atoms with Gasteiger partial charge in [0.1, 0.15) is 5.82 Å². The van der Waals surface area contributed by atoms with Crippen molar-refractivity contribution < 1.29 is 5.11 Å². The van der Waals surface area contributed by atoms with E-state index in [2.05, 4.69) is 16.4 Å². The van der Waals surface area contributed by atoms with Crippen LogP contribution in [0.15, 0.2) is 29.0 Å². The molecule has 0 bridgehead atoms. The lowest BCUT2D eigenvalue weighted by atomic mass is 10.2. The van der Waals surface area contributed by atoms with E-state index in [1.807, 2.05) is 23.8 Å². The molecular weight excluding hydrogens is 246 g/mol. The molecule has 2 aromatic heterocycles. The molecule has 0 saturated carbocycles. The number of nitrogens with zero attached hydrogens (tertiary/aromatic N) is 2. The van der Waals surface area contributed by atoms with Gasteiger partial charge in [-0.2, -0.15) is 16.6 Å². The van der Waals surface area contributed by atoms with Gasteiger partial charge in [-0.05, 0) is 41.4 Å². The summed E-state index contributed by atoms with van der Waals surface area (Å²) < 4.78 is 0. The fourth-order valence-corrected chi connectivity index (χ4v) is 2.31. The average Bonchev–Trinajstić information content (AvgIpc) is 2.89. The maximum atomic E-state index is 9.92. The van der Waals surface area contributed by atoms with Crippen LogP contribution >= 0.6 is 11.3 Å². The minimum atomic E-state index is -0.566. The van der Waals surface area contributed by atoms with Crippen molar-refractivity contribution >= 4 is 17.2 Å². The van der Waals surface area contributed by atoms with Gasteiger partial charge >= 0.3 is 0 Å². The smallest absolute Gasteiger partial charge is 0.127 e. The van der Waals surface area contributed by atoms with Crippen LogP contribution in [-0.2, 0) is 0 Å². The Balaban J connectivity index is 2.02. The third-order valence-corrected chi connectivity index (χ3v) is 3.19. The van der Waals surface area contributed by atoms with Crippen molar-refractivity contribution in [1.82, 2.24) is 4.98 Å². The van der Waals surface area contributed by atoms with Crippen molar-refractivity contribution in [2.45, 2.75) is 13.0 Å². The number of pyridine rings is 1. The van der Waals surface area contributed by atoms with Crippen LogP contribution in [0.1, 0.15) is 22.9 Å². The monoisotopic (exact) mass is 259 g/mol. The molecule has 5 heteroatoms. The summed E-state index contributed by atoms with van der Waals surface area (Å²) in [5.74, 6) is 0.612. The molecule has 2 aromatic rings. The summed E-state index contributed by atoms with van der Waals surface area (Å²) in [5.41, 5.74) is 2.23. The summed E-state index contributed by atoms with van der Waals surface area (Å²) >= 11 is 1.55. The number of nitriles is 1. The number of hydrogen-bond donors (Lipinski definition) is 2. The predicted molar refractivity (Wildman–Crippen MR) is 71.5 cm³/mol. The van der Waals surface area contributed by atoms with Crippen LogP contribution in [0.4, 0.5) is 5.82 Å². The number of rotatable bonds is 4. The summed E-state index contributed by atoms with van der Waals surface area (Å²) in [7, 11) is 0. The van der Waals surface area contributed by atoms with Gasteiger partial charge < -0.3 is 10.4 Å². The van der Waals surface area contributed by atoms with Crippen molar-refractivity contribution in [1.29, 1.82) is 5.26 Å². The molecule has 0 radical (unpaired) electrons. The summed E-state index contributed by atoms with van der Waals surface area (Å²) in [6.07, 6.45) is -0.566. The molecule has 0 saturated heterocycles. The first kappa shape index (κ1) is 12.6. The lowest BCUT2D eigenvalue weighted by molar-refractivity contribution is 0.192. The summed E-state index contributed by atoms with van der Waals surface area (Å²) in [6.45, 7) is 2.21. The van der Waals surface area contributed by atoms with Crippen LogP contribution in [0.5, 0.6) is 0 Å². The molecule has 0 amide bonds. The molecule has 2 rings (SSSR count). The number of thiophene rings is 1. The van der Waals surface area contributed by atoms with Crippen molar-refractivity contribution in [3.63, 3.8) is 0 Å². The van der Waals surface area contributed by atoms with Crippen LogP contribution in [0.25, 0.3) is 0 Å². The molecule has 18 heavy (non-hydrogen) atoms. The Morgan fingerprint density at radius 3 is 3.06 bits per heavy atom. The highest BCUT2D eigenvalue weighted by Crippen LogP contribution is 2.17. The van der Waals surface area contributed by atoms with E-state index in [1.54, 1.807) is 23.5 Å². The number of aryl methyl sites for hydroxylation is 1. The molecule has 0 aliphatic rings. The molecule has 0 aliphatic carbocycles. The molecule has 1 unspecified atom stereocenters. The Hall–Kier alpha value is -1.90. The first-order valence-electron chi connectivity index (χ1n) is 5.52. The molecule has 0 aromatic carbocycles. The highest BCUT2D eigenvalue weighted by molar-refractivity contribution is 7.07. The Bertz CT molecular complexity index is 560. The van der Waals surface area contributed by atoms with Gasteiger partial charge in [0.2, 0.25) is 0 Å². The van der Waals surface area contributed by atoms with E-state index in [1.165, 1.54) is 0 Å². The van der Waals surface area contributed by atoms with Crippen molar-refractivity contribution in [2.24, 2.45) is 0 Å². The molecule has 92 valence electrons. The molecule has 2 heterocycles. The maximum absolute atomic E-state index is 9.92. The van der Waals surface area contributed by atoms with E-state index in [4.69, 9.17) is 5.26 Å². The van der Waals surface area contributed by atoms with E-state index < -0.39 is 6.10 Å². The van der Waals surface area contributed by atoms with E-state index >= 15 is 0 Å². The van der Waals surface area contributed by atoms with Crippen molar-refractivity contribution in [2.75, 3.05) is 11.9 Å². The molecular formula is C13H13N3OS. The first-order valence-corrected chi connectivity index (χ1v) is 6.46. The quantitative estimate of drug-likeness (QED) is 0.885. The zero-order valence-corrected chi connectivity index (χ0v) is 10.7. The summed E-state index contributed by atoms with van der Waals surface area (Å²) in [6, 6.07) is 7.37. The first-order chi connectivity index (χ1) is 8.69. The molecule has 0 spiro atoms. The van der Waals surface area contributed by atoms with Gasteiger partial charge in [0.15, 0.2) is 0 Å². The topological polar surface area (TPSA) is 68.9 Å². The number of nitrogens with one attached hydrogen (secondary N) is 1. The van der Waals surface area contributed by atoms with Crippen molar-refractivity contribution in [3.8, 4) is 6.07 Å². The van der Waals surface area contributed by atoms with E-state index in [0.717, 1.165) is 11.3 Å². The highest BCUT2D eigenvalue weighted by atomic mass is 32.1. The fraction of sp³-hybridized carbons (Fsp3) is 0.231. The van der Waals surface area contributed by atoms with Crippen LogP contribution < -0.4 is 5.32 Å². The average molecular weight is 259 g/mol. The normalized spacial score (nSPS) is 11.8. The van der Waals surface area contributed by atoms with Gasteiger partial charge in [-0.1, -0.05) is 0 Å². The van der Waals surface area contributed by atoms with Crippen molar-refractivity contribution in [3.05, 3.63) is 45.8 Å². The van der Waals surface area contributed by atoms with E-state index in [-0.39, 0.29) is 0 Å². The number of hydrogen-bond acceptors (Lipinski definition) is 5. The van der Waals surface area contributed by atoms with Crippen LogP contribution in [0, 0.1) is 18.3 Å². The van der Waals surface area contributed by atoms with Gasteiger partial charge in [0.25, 0.3) is 0 Å². The second-order valence-corrected chi connectivity index (χ2v) is 4.73. The van der Waals surface area contributed by atoms with Gasteiger partial charge in [0, 0.05) is 12.2 Å². The maximum Gasteiger partial charge on any atom is 0.127 e. The Kier molecular flexibility index (Phi) is 3.92. The minimum absolute atomic E-state index is 0.373. The number of aliphatic hydroxyl groups excluding tert-OH is 1. The van der Waals surface area contributed by atoms with Gasteiger partial charge in [0.05, 0.1) is 17.7 Å². The molecule has 2 N–H and O–H groups in total. The standard InChI is InChI=1S/C13H13N3OS/c1-9-4-10(6-14)5-13(16-9)15-7-12(17)11-2-3-18-8-11/h2-5,8,12,17H,7H2,1H3,(H,15,16). The van der Waals surface area contributed by atoms with E-state index in [9.17, 15) is 5.11 Å². The van der Waals surface area contributed by atoms with Gasteiger partial charge in [-0.15, -0.1) is 0 Å². The second-order valence-electron chi connectivity index (χ2n) is 3.95. The molecule has 0 aliphatic heterocycles. The Morgan fingerprint density at radius 1 is 1.56 bits per heavy atom. The largest absolute Gasteiger partial charge is 0.387 e. The zero-order chi connectivity index (χ0) is 13.0. The zero-order valence-electron chi connectivity index (χ0n) is 9.92.